The minimum absolute atomic E-state index is 0. The fraction of sp³-hybridized carbons (Fsp3) is 0.400. The molecule has 0 aromatic heterocycles. The van der Waals surface area contributed by atoms with Gasteiger partial charge in [-0.15, -0.1) is 6.92 Å². The Morgan fingerprint density at radius 3 is 2.43 bits per heavy atom. The molecule has 0 unspecified atom stereocenters. The standard InChI is InChI=1S/C10H15NO2.K/c1-8(5-7-12)4-6-10(2,3)9(11)13;/h4-6,12H,1-3H3,(H2,11,13);/q-2;+1/b8-4-;. The molecular formula is C10H15KNO2-. The maximum absolute atomic E-state index is 10.9. The topological polar surface area (TPSA) is 63.3 Å². The number of primary amides is 1. The van der Waals surface area contributed by atoms with Crippen molar-refractivity contribution in [2.45, 2.75) is 20.8 Å². The fourth-order valence-electron chi connectivity index (χ4n) is 0.572. The first-order valence-electron chi connectivity index (χ1n) is 3.95. The van der Waals surface area contributed by atoms with Crippen LogP contribution in [0.1, 0.15) is 20.8 Å². The van der Waals surface area contributed by atoms with E-state index in [0.717, 1.165) is 5.57 Å². The Labute approximate surface area is 128 Å². The van der Waals surface area contributed by atoms with Crippen LogP contribution in [0.2, 0.25) is 0 Å². The molecule has 0 aliphatic carbocycles. The summed E-state index contributed by atoms with van der Waals surface area (Å²) in [6, 6.07) is 0. The van der Waals surface area contributed by atoms with Crippen LogP contribution >= 0.6 is 0 Å². The minimum Gasteiger partial charge on any atom is -0.607 e. The van der Waals surface area contributed by atoms with Crippen molar-refractivity contribution < 1.29 is 61.3 Å². The molecule has 0 rings (SSSR count). The van der Waals surface area contributed by atoms with E-state index in [0.29, 0.717) is 0 Å². The third kappa shape index (κ3) is 6.67. The van der Waals surface area contributed by atoms with Gasteiger partial charge in [-0.2, -0.15) is 6.08 Å². The summed E-state index contributed by atoms with van der Waals surface area (Å²) in [5.41, 5.74) is 5.30. The van der Waals surface area contributed by atoms with Crippen LogP contribution in [0.5, 0.6) is 0 Å². The summed E-state index contributed by atoms with van der Waals surface area (Å²) in [6.45, 7) is 5.24. The van der Waals surface area contributed by atoms with Crippen molar-refractivity contribution >= 4 is 5.91 Å². The van der Waals surface area contributed by atoms with Gasteiger partial charge in [-0.3, -0.25) is 4.79 Å². The van der Waals surface area contributed by atoms with Crippen molar-refractivity contribution in [2.75, 3.05) is 0 Å². The molecule has 14 heavy (non-hydrogen) atoms. The Bertz CT molecular complexity index is 245. The van der Waals surface area contributed by atoms with Gasteiger partial charge in [0.1, 0.15) is 0 Å². The first-order valence-corrected chi connectivity index (χ1v) is 3.95. The molecule has 0 aromatic carbocycles. The van der Waals surface area contributed by atoms with Gasteiger partial charge in [0, 0.05) is 0 Å². The molecule has 0 aliphatic rings. The molecular weight excluding hydrogens is 205 g/mol. The van der Waals surface area contributed by atoms with Crippen LogP contribution < -0.4 is 57.1 Å². The van der Waals surface area contributed by atoms with Gasteiger partial charge in [0.15, 0.2) is 0 Å². The molecule has 0 aliphatic heterocycles. The van der Waals surface area contributed by atoms with Crippen molar-refractivity contribution in [3.63, 3.8) is 0 Å². The van der Waals surface area contributed by atoms with E-state index in [4.69, 9.17) is 10.8 Å². The molecule has 1 amide bonds. The summed E-state index contributed by atoms with van der Waals surface area (Å²) in [5.74, 6) is -0.381. The van der Waals surface area contributed by atoms with Crippen LogP contribution in [0, 0.1) is 18.1 Å². The van der Waals surface area contributed by atoms with E-state index >= 15 is 0 Å². The van der Waals surface area contributed by atoms with Crippen LogP contribution in [-0.2, 0) is 4.79 Å². The van der Waals surface area contributed by atoms with Crippen molar-refractivity contribution in [3.05, 3.63) is 30.4 Å². The Morgan fingerprint density at radius 1 is 1.57 bits per heavy atom. The molecule has 0 aromatic rings. The number of aliphatic hydroxyl groups is 1. The summed E-state index contributed by atoms with van der Waals surface area (Å²) >= 11 is 0. The Hall–Kier alpha value is 0.256. The average Bonchev–Trinajstić information content (AvgIpc) is 2.01. The molecule has 0 saturated heterocycles. The zero-order valence-electron chi connectivity index (χ0n) is 9.16. The number of carbonyl (C=O) groups is 1. The van der Waals surface area contributed by atoms with E-state index in [2.05, 4.69) is 0 Å². The van der Waals surface area contributed by atoms with Crippen LogP contribution in [0.15, 0.2) is 17.7 Å². The van der Waals surface area contributed by atoms with Gasteiger partial charge in [-0.25, -0.2) is 18.1 Å². The van der Waals surface area contributed by atoms with Crippen LogP contribution in [-0.4, -0.2) is 11.0 Å². The van der Waals surface area contributed by atoms with E-state index in [-0.39, 0.29) is 57.3 Å². The molecule has 0 bridgehead atoms. The molecule has 0 radical (unpaired) electrons. The van der Waals surface area contributed by atoms with Crippen molar-refractivity contribution in [2.24, 2.45) is 11.1 Å². The number of carbonyl (C=O) groups excluding carboxylic acids is 1. The molecule has 0 saturated carbocycles. The normalized spacial score (nSPS) is 12.4. The van der Waals surface area contributed by atoms with Crippen molar-refractivity contribution in [1.82, 2.24) is 0 Å². The van der Waals surface area contributed by atoms with Crippen LogP contribution in [0.25, 0.3) is 0 Å². The van der Waals surface area contributed by atoms with Crippen LogP contribution in [0.4, 0.5) is 0 Å². The first-order chi connectivity index (χ1) is 5.90. The second-order valence-electron chi connectivity index (χ2n) is 3.44. The molecule has 74 valence electrons. The zero-order chi connectivity index (χ0) is 10.5. The maximum Gasteiger partial charge on any atom is 1.00 e. The minimum atomic E-state index is -0.662. The van der Waals surface area contributed by atoms with E-state index in [1.807, 2.05) is 6.26 Å². The molecule has 0 spiro atoms. The third-order valence-electron chi connectivity index (χ3n) is 1.69. The third-order valence-corrected chi connectivity index (χ3v) is 1.69. The second kappa shape index (κ2) is 7.54. The molecule has 0 atom stereocenters. The van der Waals surface area contributed by atoms with Crippen molar-refractivity contribution in [1.29, 1.82) is 0 Å². The molecule has 4 heteroatoms. The molecule has 0 fully saturated rings. The molecule has 0 heterocycles. The van der Waals surface area contributed by atoms with E-state index in [1.54, 1.807) is 33.3 Å². The fourth-order valence-corrected chi connectivity index (χ4v) is 0.572. The summed E-state index contributed by atoms with van der Waals surface area (Å²) < 4.78 is 0. The summed E-state index contributed by atoms with van der Waals surface area (Å²) in [5, 5.41) is 8.32. The van der Waals surface area contributed by atoms with E-state index < -0.39 is 5.41 Å². The van der Waals surface area contributed by atoms with Gasteiger partial charge in [0.2, 0.25) is 5.91 Å². The smallest absolute Gasteiger partial charge is 0.607 e. The Kier molecular flexibility index (Phi) is 8.98. The number of aliphatic hydroxyl groups excluding tert-OH is 1. The second-order valence-corrected chi connectivity index (χ2v) is 3.44. The van der Waals surface area contributed by atoms with Gasteiger partial charge in [-0.1, -0.05) is 20.1 Å². The molecule has 3 nitrogen and oxygen atoms in total. The quantitative estimate of drug-likeness (QED) is 0.263. The predicted octanol–water partition coefficient (Wildman–Crippen LogP) is -1.47. The average molecular weight is 220 g/mol. The SMILES string of the molecule is C/C(C=[C-]O)=C/[CH-]C(C)(C)C(N)=O.[K+]. The summed E-state index contributed by atoms with van der Waals surface area (Å²) in [6.07, 6.45) is 6.72. The first kappa shape index (κ1) is 16.7. The largest absolute Gasteiger partial charge is 1.00 e. The predicted molar refractivity (Wildman–Crippen MR) is 51.5 cm³/mol. The number of amides is 1. The van der Waals surface area contributed by atoms with Gasteiger partial charge in [0.25, 0.3) is 0 Å². The number of allylic oxidation sites excluding steroid dienone is 3. The number of hydrogen-bond acceptors (Lipinski definition) is 2. The van der Waals surface area contributed by atoms with Crippen molar-refractivity contribution in [3.8, 4) is 0 Å². The van der Waals surface area contributed by atoms with Gasteiger partial charge in [-0.05, 0) is 5.41 Å². The van der Waals surface area contributed by atoms with Gasteiger partial charge >= 0.3 is 51.4 Å². The number of nitrogens with two attached hydrogens (primary N) is 1. The maximum atomic E-state index is 10.9. The Morgan fingerprint density at radius 2 is 2.07 bits per heavy atom. The van der Waals surface area contributed by atoms with Crippen LogP contribution in [0.3, 0.4) is 0 Å². The number of rotatable bonds is 4. The monoisotopic (exact) mass is 220 g/mol. The molecule has 3 N–H and O–H groups in total. The van der Waals surface area contributed by atoms with Gasteiger partial charge in [0.05, 0.1) is 0 Å². The summed E-state index contributed by atoms with van der Waals surface area (Å²) in [4.78, 5) is 10.9. The zero-order valence-corrected chi connectivity index (χ0v) is 12.3. The summed E-state index contributed by atoms with van der Waals surface area (Å²) in [7, 11) is 0. The Balaban J connectivity index is 0. The van der Waals surface area contributed by atoms with E-state index in [1.165, 1.54) is 6.08 Å². The van der Waals surface area contributed by atoms with Gasteiger partial charge < -0.3 is 10.8 Å². The number of hydrogen-bond donors (Lipinski definition) is 2. The van der Waals surface area contributed by atoms with E-state index in [9.17, 15) is 4.79 Å².